The Morgan fingerprint density at radius 1 is 1.32 bits per heavy atom. The summed E-state index contributed by atoms with van der Waals surface area (Å²) in [6, 6.07) is 4.85. The van der Waals surface area contributed by atoms with Crippen molar-refractivity contribution in [1.82, 2.24) is 20.1 Å². The lowest BCUT2D eigenvalue weighted by atomic mass is 9.83. The quantitative estimate of drug-likeness (QED) is 0.509. The Hall–Kier alpha value is -3.58. The number of anilines is 1. The molecule has 2 aliphatic rings. The van der Waals surface area contributed by atoms with E-state index < -0.39 is 44.6 Å². The zero-order valence-corrected chi connectivity index (χ0v) is 20.9. The summed E-state index contributed by atoms with van der Waals surface area (Å²) in [4.78, 5) is 30.3. The van der Waals surface area contributed by atoms with Crippen LogP contribution in [0.15, 0.2) is 30.5 Å². The number of nitrogens with one attached hydrogen (secondary N) is 2. The van der Waals surface area contributed by atoms with E-state index in [0.717, 1.165) is 18.4 Å². The number of rotatable bonds is 4. The second kappa shape index (κ2) is 9.06. The zero-order valence-electron chi connectivity index (χ0n) is 19.3. The highest BCUT2D eigenvalue weighted by Gasteiger charge is 2.46. The molecule has 1 aromatic carbocycles. The maximum absolute atomic E-state index is 15.1. The number of hydrogen-bond donors (Lipinski definition) is 2. The number of fused-ring (bicyclic) bond motifs is 3. The normalized spacial score (nSPS) is 18.9. The van der Waals surface area contributed by atoms with E-state index in [1.54, 1.807) is 0 Å². The van der Waals surface area contributed by atoms with Crippen molar-refractivity contribution in [2.24, 2.45) is 0 Å². The highest BCUT2D eigenvalue weighted by molar-refractivity contribution is 7.91. The minimum atomic E-state index is -3.67. The first-order valence-corrected chi connectivity index (χ1v) is 13.5. The fourth-order valence-electron chi connectivity index (χ4n) is 4.70. The first-order chi connectivity index (χ1) is 17.5. The lowest BCUT2D eigenvalue weighted by Crippen LogP contribution is -2.54. The number of hydrogen-bond acceptors (Lipinski definition) is 7. The van der Waals surface area contributed by atoms with E-state index in [-0.39, 0.29) is 53.7 Å². The molecule has 10 nitrogen and oxygen atoms in total. The first-order valence-electron chi connectivity index (χ1n) is 11.1. The van der Waals surface area contributed by atoms with Gasteiger partial charge < -0.3 is 15.4 Å². The highest BCUT2D eigenvalue weighted by Crippen LogP contribution is 2.43. The molecule has 2 aromatic heterocycles. The van der Waals surface area contributed by atoms with E-state index in [1.165, 1.54) is 23.0 Å². The number of carbonyl (C=O) groups is 2. The standard InChI is InChI=1S/C23H20ClF2N5O5S/c1-37(34,35)10-17(32)28-20-19(15-4-3-12(24)9-27-15)30-31-11-23(29-22(33)21(20)31)5-2-6-36-16-8-13(25)7-14(26)18(16)23/h3-4,7-9H,2,5-6,10-11H2,1H3,(H,28,32)(H,29,33)/t23-/m0/s1. The van der Waals surface area contributed by atoms with Gasteiger partial charge in [-0.25, -0.2) is 17.2 Å². The Labute approximate surface area is 214 Å². The lowest BCUT2D eigenvalue weighted by molar-refractivity contribution is -0.113. The molecule has 0 bridgehead atoms. The van der Waals surface area contributed by atoms with Crippen LogP contribution in [0.25, 0.3) is 11.4 Å². The monoisotopic (exact) mass is 551 g/mol. The maximum Gasteiger partial charge on any atom is 0.272 e. The molecule has 2 amide bonds. The van der Waals surface area contributed by atoms with Crippen LogP contribution in [0.2, 0.25) is 5.02 Å². The summed E-state index contributed by atoms with van der Waals surface area (Å²) < 4.78 is 59.3. The van der Waals surface area contributed by atoms with Crippen molar-refractivity contribution in [3.05, 3.63) is 58.4 Å². The number of nitrogens with zero attached hydrogens (tertiary/aromatic N) is 3. The minimum Gasteiger partial charge on any atom is -0.493 e. The fourth-order valence-corrected chi connectivity index (χ4v) is 5.36. The lowest BCUT2D eigenvalue weighted by Gasteiger charge is -2.38. The van der Waals surface area contributed by atoms with Gasteiger partial charge >= 0.3 is 0 Å². The Morgan fingerprint density at radius 3 is 2.81 bits per heavy atom. The van der Waals surface area contributed by atoms with Gasteiger partial charge in [0.2, 0.25) is 5.91 Å². The molecule has 1 atom stereocenters. The van der Waals surface area contributed by atoms with Gasteiger partial charge in [0.25, 0.3) is 5.91 Å². The second-order valence-electron chi connectivity index (χ2n) is 8.96. The molecule has 37 heavy (non-hydrogen) atoms. The Balaban J connectivity index is 1.65. The Morgan fingerprint density at radius 2 is 2.11 bits per heavy atom. The predicted molar refractivity (Wildman–Crippen MR) is 129 cm³/mol. The van der Waals surface area contributed by atoms with E-state index in [9.17, 15) is 22.4 Å². The van der Waals surface area contributed by atoms with Gasteiger partial charge in [-0.2, -0.15) is 5.10 Å². The molecule has 0 unspecified atom stereocenters. The summed E-state index contributed by atoms with van der Waals surface area (Å²) in [5.41, 5.74) is -1.12. The predicted octanol–water partition coefficient (Wildman–Crippen LogP) is 2.67. The van der Waals surface area contributed by atoms with Crippen LogP contribution in [0, 0.1) is 11.6 Å². The van der Waals surface area contributed by atoms with Gasteiger partial charge in [-0.15, -0.1) is 0 Å². The van der Waals surface area contributed by atoms with Gasteiger partial charge in [-0.1, -0.05) is 11.6 Å². The van der Waals surface area contributed by atoms with Crippen molar-refractivity contribution >= 4 is 38.9 Å². The van der Waals surface area contributed by atoms with E-state index in [1.807, 2.05) is 0 Å². The molecule has 4 heterocycles. The van der Waals surface area contributed by atoms with Gasteiger partial charge in [-0.05, 0) is 25.0 Å². The number of ether oxygens (including phenoxy) is 1. The summed E-state index contributed by atoms with van der Waals surface area (Å²) in [7, 11) is -3.67. The molecule has 1 spiro atoms. The molecule has 0 aliphatic carbocycles. The van der Waals surface area contributed by atoms with Crippen molar-refractivity contribution in [2.45, 2.75) is 24.9 Å². The molecular weight excluding hydrogens is 532 g/mol. The number of benzene rings is 1. The smallest absolute Gasteiger partial charge is 0.272 e. The summed E-state index contributed by atoms with van der Waals surface area (Å²) in [5, 5.41) is 10.1. The van der Waals surface area contributed by atoms with E-state index in [4.69, 9.17) is 16.3 Å². The molecule has 0 saturated heterocycles. The largest absolute Gasteiger partial charge is 0.493 e. The average molecular weight is 552 g/mol. The molecule has 2 aliphatic heterocycles. The summed E-state index contributed by atoms with van der Waals surface area (Å²) >= 11 is 5.94. The molecule has 2 N–H and O–H groups in total. The summed E-state index contributed by atoms with van der Waals surface area (Å²) in [5.74, 6) is -4.12. The van der Waals surface area contributed by atoms with E-state index >= 15 is 4.39 Å². The number of amides is 2. The van der Waals surface area contributed by atoms with Crippen LogP contribution >= 0.6 is 11.6 Å². The zero-order chi connectivity index (χ0) is 26.5. The Bertz CT molecular complexity index is 1540. The summed E-state index contributed by atoms with van der Waals surface area (Å²) in [6.45, 7) is 0.113. The van der Waals surface area contributed by atoms with Crippen molar-refractivity contribution in [1.29, 1.82) is 0 Å². The van der Waals surface area contributed by atoms with Crippen molar-refractivity contribution in [2.75, 3.05) is 23.9 Å². The van der Waals surface area contributed by atoms with E-state index in [2.05, 4.69) is 20.7 Å². The maximum atomic E-state index is 15.1. The van der Waals surface area contributed by atoms with Crippen molar-refractivity contribution in [3.8, 4) is 17.1 Å². The van der Waals surface area contributed by atoms with Gasteiger partial charge in [-0.3, -0.25) is 19.3 Å². The average Bonchev–Trinajstić information content (AvgIpc) is 3.03. The van der Waals surface area contributed by atoms with Crippen LogP contribution in [0.3, 0.4) is 0 Å². The second-order valence-corrected chi connectivity index (χ2v) is 11.5. The first kappa shape index (κ1) is 25.1. The number of halogens is 3. The Kier molecular flexibility index (Phi) is 6.15. The molecule has 0 saturated carbocycles. The summed E-state index contributed by atoms with van der Waals surface area (Å²) in [6.07, 6.45) is 2.94. The molecule has 194 valence electrons. The van der Waals surface area contributed by atoms with E-state index in [0.29, 0.717) is 11.4 Å². The topological polar surface area (TPSA) is 132 Å². The minimum absolute atomic E-state index is 0.00488. The van der Waals surface area contributed by atoms with Crippen LogP contribution in [-0.2, 0) is 26.7 Å². The molecule has 0 radical (unpaired) electrons. The molecule has 5 rings (SSSR count). The third-order valence-corrected chi connectivity index (χ3v) is 7.08. The van der Waals surface area contributed by atoms with Gasteiger partial charge in [0.1, 0.15) is 34.5 Å². The highest BCUT2D eigenvalue weighted by atomic mass is 35.5. The van der Waals surface area contributed by atoms with Crippen molar-refractivity contribution in [3.63, 3.8) is 0 Å². The third-order valence-electron chi connectivity index (χ3n) is 6.07. The van der Waals surface area contributed by atoms with Crippen LogP contribution < -0.4 is 15.4 Å². The number of pyridine rings is 1. The van der Waals surface area contributed by atoms with Crippen LogP contribution in [0.5, 0.6) is 5.75 Å². The molecule has 3 aromatic rings. The number of sulfone groups is 1. The van der Waals surface area contributed by atoms with Crippen molar-refractivity contribution < 1.29 is 31.5 Å². The molecular formula is C23H20ClF2N5O5S. The molecule has 0 fully saturated rings. The fraction of sp³-hybridized carbons (Fsp3) is 0.304. The van der Waals surface area contributed by atoms with Crippen LogP contribution in [0.1, 0.15) is 28.9 Å². The third kappa shape index (κ3) is 4.76. The van der Waals surface area contributed by atoms with Gasteiger partial charge in [0, 0.05) is 24.6 Å². The number of carbonyl (C=O) groups excluding carboxylic acids is 2. The van der Waals surface area contributed by atoms with Gasteiger partial charge in [0.05, 0.1) is 35.0 Å². The number of aromatic nitrogens is 3. The molecule has 14 heteroatoms. The van der Waals surface area contributed by atoms with Gasteiger partial charge in [0.15, 0.2) is 15.5 Å². The van der Waals surface area contributed by atoms with Crippen LogP contribution in [-0.4, -0.2) is 53.6 Å². The van der Waals surface area contributed by atoms with Crippen LogP contribution in [0.4, 0.5) is 14.5 Å². The SMILES string of the molecule is CS(=O)(=O)CC(=O)Nc1c(-c2ccc(Cl)cn2)nn2c1C(=O)N[C@@]1(CCCOc3cc(F)cc(F)c31)C2.